The van der Waals surface area contributed by atoms with Crippen LogP contribution in [0.25, 0.3) is 16.8 Å². The van der Waals surface area contributed by atoms with E-state index in [1.54, 1.807) is 0 Å². The van der Waals surface area contributed by atoms with Crippen molar-refractivity contribution >= 4 is 16.8 Å². The van der Waals surface area contributed by atoms with Crippen LogP contribution in [-0.4, -0.2) is 39.8 Å². The van der Waals surface area contributed by atoms with E-state index in [2.05, 4.69) is 34.8 Å². The second-order valence-corrected chi connectivity index (χ2v) is 4.95. The lowest BCUT2D eigenvalue weighted by molar-refractivity contribution is -0.858. The molecule has 0 saturated carbocycles. The highest BCUT2D eigenvalue weighted by Gasteiger charge is 2.09. The first-order valence-corrected chi connectivity index (χ1v) is 6.33. The second kappa shape index (κ2) is 4.42. The Morgan fingerprint density at radius 1 is 1.22 bits per heavy atom. The van der Waals surface area contributed by atoms with E-state index in [-0.39, 0.29) is 0 Å². The van der Waals surface area contributed by atoms with Crippen LogP contribution in [0.3, 0.4) is 0 Å². The molecule has 0 radical (unpaired) electrons. The van der Waals surface area contributed by atoms with E-state index < -0.39 is 0 Å². The van der Waals surface area contributed by atoms with Gasteiger partial charge in [0.25, 0.3) is 0 Å². The number of benzene rings is 1. The Bertz CT molecular complexity index is 664. The van der Waals surface area contributed by atoms with Gasteiger partial charge in [0.1, 0.15) is 6.33 Å². The molecule has 18 heavy (non-hydrogen) atoms. The van der Waals surface area contributed by atoms with Crippen molar-refractivity contribution in [3.8, 4) is 0 Å². The average molecular weight is 244 g/mol. The summed E-state index contributed by atoms with van der Waals surface area (Å²) in [7, 11) is 4.35. The number of hydrogen-bond donors (Lipinski definition) is 1. The van der Waals surface area contributed by atoms with Crippen LogP contribution < -0.4 is 4.90 Å². The maximum atomic E-state index is 4.63. The molecule has 0 atom stereocenters. The fraction of sp³-hybridized carbons (Fsp3) is 0.385. The van der Waals surface area contributed by atoms with Gasteiger partial charge < -0.3 is 4.90 Å². The van der Waals surface area contributed by atoms with Crippen molar-refractivity contribution in [3.63, 3.8) is 0 Å². The molecule has 3 rings (SSSR count). The molecule has 5 nitrogen and oxygen atoms in total. The van der Waals surface area contributed by atoms with Gasteiger partial charge in [-0.1, -0.05) is 12.1 Å². The van der Waals surface area contributed by atoms with E-state index >= 15 is 0 Å². The summed E-state index contributed by atoms with van der Waals surface area (Å²) in [4.78, 5) is 6.10. The first kappa shape index (κ1) is 11.2. The molecule has 0 amide bonds. The standard InChI is InChI=1S/C13H17N5/c1-16(2)8-5-9-17-10-14-18-12-7-4-3-6-11(12)15-13(17)18/h3-4,6-7,10H,5,8-9H2,1-2H3/p+1. The number of quaternary nitrogens is 1. The van der Waals surface area contributed by atoms with Gasteiger partial charge in [0.15, 0.2) is 0 Å². The van der Waals surface area contributed by atoms with Crippen molar-refractivity contribution < 1.29 is 4.90 Å². The van der Waals surface area contributed by atoms with Gasteiger partial charge in [-0.2, -0.15) is 9.61 Å². The topological polar surface area (TPSA) is 39.6 Å². The first-order chi connectivity index (χ1) is 8.75. The molecule has 1 aromatic carbocycles. The van der Waals surface area contributed by atoms with Gasteiger partial charge in [-0.25, -0.2) is 4.98 Å². The van der Waals surface area contributed by atoms with Crippen LogP contribution in [0, 0.1) is 0 Å². The molecule has 1 N–H and O–H groups in total. The smallest absolute Gasteiger partial charge is 0.233 e. The Hall–Kier alpha value is -1.88. The zero-order valence-corrected chi connectivity index (χ0v) is 10.8. The SMILES string of the molecule is C[NH+](C)CCCn1cnn2c3ccccc3nc12. The molecule has 0 aliphatic rings. The Kier molecular flexibility index (Phi) is 2.76. The molecular formula is C13H18N5+. The summed E-state index contributed by atoms with van der Waals surface area (Å²) in [6.45, 7) is 2.13. The minimum atomic E-state index is 0.935. The van der Waals surface area contributed by atoms with Gasteiger partial charge in [-0.05, 0) is 12.1 Å². The van der Waals surface area contributed by atoms with Crippen LogP contribution in [0.5, 0.6) is 0 Å². The lowest BCUT2D eigenvalue weighted by Gasteiger charge is -2.06. The molecule has 0 fully saturated rings. The van der Waals surface area contributed by atoms with Crippen LogP contribution in [-0.2, 0) is 6.54 Å². The molecule has 2 heterocycles. The van der Waals surface area contributed by atoms with Crippen molar-refractivity contribution in [3.05, 3.63) is 30.6 Å². The summed E-state index contributed by atoms with van der Waals surface area (Å²) in [5, 5.41) is 4.41. The maximum Gasteiger partial charge on any atom is 0.233 e. The Morgan fingerprint density at radius 2 is 2.06 bits per heavy atom. The Balaban J connectivity index is 1.93. The minimum Gasteiger partial charge on any atom is -0.340 e. The van der Waals surface area contributed by atoms with E-state index in [4.69, 9.17) is 0 Å². The zero-order chi connectivity index (χ0) is 12.5. The van der Waals surface area contributed by atoms with E-state index in [9.17, 15) is 0 Å². The maximum absolute atomic E-state index is 4.63. The molecule has 5 heteroatoms. The first-order valence-electron chi connectivity index (χ1n) is 6.33. The highest BCUT2D eigenvalue weighted by molar-refractivity contribution is 5.78. The van der Waals surface area contributed by atoms with Crippen LogP contribution in [0.2, 0.25) is 0 Å². The predicted molar refractivity (Wildman–Crippen MR) is 70.8 cm³/mol. The van der Waals surface area contributed by atoms with E-state index in [0.717, 1.165) is 36.3 Å². The molecule has 0 aliphatic carbocycles. The molecule has 0 spiro atoms. The molecule has 3 aromatic rings. The molecule has 0 bridgehead atoms. The quantitative estimate of drug-likeness (QED) is 0.713. The summed E-state index contributed by atoms with van der Waals surface area (Å²) in [5.41, 5.74) is 2.08. The number of nitrogens with one attached hydrogen (secondary N) is 1. The normalized spacial score (nSPS) is 11.9. The zero-order valence-electron chi connectivity index (χ0n) is 10.8. The summed E-state index contributed by atoms with van der Waals surface area (Å²) >= 11 is 0. The van der Waals surface area contributed by atoms with Crippen LogP contribution >= 0.6 is 0 Å². The highest BCUT2D eigenvalue weighted by atomic mass is 15.4. The Morgan fingerprint density at radius 3 is 2.89 bits per heavy atom. The average Bonchev–Trinajstić information content (AvgIpc) is 2.88. The van der Waals surface area contributed by atoms with Gasteiger partial charge in [-0.15, -0.1) is 0 Å². The molecular weight excluding hydrogens is 226 g/mol. The fourth-order valence-electron chi connectivity index (χ4n) is 2.23. The van der Waals surface area contributed by atoms with Gasteiger partial charge in [0, 0.05) is 13.0 Å². The van der Waals surface area contributed by atoms with Gasteiger partial charge in [-0.3, -0.25) is 4.57 Å². The number of hydrogen-bond acceptors (Lipinski definition) is 2. The summed E-state index contributed by atoms with van der Waals surface area (Å²) in [6.07, 6.45) is 3.01. The highest BCUT2D eigenvalue weighted by Crippen LogP contribution is 2.15. The molecule has 94 valence electrons. The fourth-order valence-corrected chi connectivity index (χ4v) is 2.23. The number of fused-ring (bicyclic) bond motifs is 3. The summed E-state index contributed by atoms with van der Waals surface area (Å²) in [6, 6.07) is 8.11. The van der Waals surface area contributed by atoms with Crippen molar-refractivity contribution in [1.29, 1.82) is 0 Å². The predicted octanol–water partition coefficient (Wildman–Crippen LogP) is 0.219. The lowest BCUT2D eigenvalue weighted by Crippen LogP contribution is -3.05. The van der Waals surface area contributed by atoms with Gasteiger partial charge in [0.05, 0.1) is 31.7 Å². The van der Waals surface area contributed by atoms with Crippen molar-refractivity contribution in [2.24, 2.45) is 0 Å². The van der Waals surface area contributed by atoms with E-state index in [0.29, 0.717) is 0 Å². The molecule has 0 saturated heterocycles. The number of aryl methyl sites for hydroxylation is 1. The van der Waals surface area contributed by atoms with Gasteiger partial charge >= 0.3 is 0 Å². The van der Waals surface area contributed by atoms with Crippen LogP contribution in [0.15, 0.2) is 30.6 Å². The third-order valence-corrected chi connectivity index (χ3v) is 3.16. The van der Waals surface area contributed by atoms with E-state index in [1.807, 2.05) is 29.0 Å². The summed E-state index contributed by atoms with van der Waals surface area (Å²) < 4.78 is 4.04. The third-order valence-electron chi connectivity index (χ3n) is 3.16. The molecule has 0 aliphatic heterocycles. The third kappa shape index (κ3) is 1.86. The summed E-state index contributed by atoms with van der Waals surface area (Å²) in [5.74, 6) is 0.935. The number of para-hydroxylation sites is 2. The number of imidazole rings is 1. The number of rotatable bonds is 4. The monoisotopic (exact) mass is 244 g/mol. The Labute approximate surface area is 106 Å². The lowest BCUT2D eigenvalue weighted by atomic mass is 10.3. The van der Waals surface area contributed by atoms with Crippen molar-refractivity contribution in [2.45, 2.75) is 13.0 Å². The van der Waals surface area contributed by atoms with Crippen LogP contribution in [0.4, 0.5) is 0 Å². The minimum absolute atomic E-state index is 0.935. The molecule has 2 aromatic heterocycles. The van der Waals surface area contributed by atoms with Crippen molar-refractivity contribution in [2.75, 3.05) is 20.6 Å². The van der Waals surface area contributed by atoms with Gasteiger partial charge in [0.2, 0.25) is 5.78 Å². The largest absolute Gasteiger partial charge is 0.340 e. The van der Waals surface area contributed by atoms with Crippen LogP contribution in [0.1, 0.15) is 6.42 Å². The van der Waals surface area contributed by atoms with Crippen molar-refractivity contribution in [1.82, 2.24) is 19.2 Å². The second-order valence-electron chi connectivity index (χ2n) is 4.95. The number of nitrogens with zero attached hydrogens (tertiary/aromatic N) is 4. The molecule has 0 unspecified atom stereocenters. The number of aromatic nitrogens is 4. The van der Waals surface area contributed by atoms with E-state index in [1.165, 1.54) is 4.90 Å².